The highest BCUT2D eigenvalue weighted by atomic mass is 19.1. The monoisotopic (exact) mass is 227 g/mol. The average molecular weight is 227 g/mol. The molecule has 0 spiro atoms. The lowest BCUT2D eigenvalue weighted by molar-refractivity contribution is 0.161. The van der Waals surface area contributed by atoms with E-state index in [9.17, 15) is 13.9 Å². The summed E-state index contributed by atoms with van der Waals surface area (Å²) in [6.45, 7) is 2.92. The third-order valence-electron chi connectivity index (χ3n) is 3.16. The van der Waals surface area contributed by atoms with Crippen LogP contribution in [0.1, 0.15) is 24.9 Å². The number of aliphatic hydroxyl groups excluding tert-OH is 1. The Morgan fingerprint density at radius 1 is 1.38 bits per heavy atom. The maximum absolute atomic E-state index is 13.5. The molecule has 0 saturated carbocycles. The van der Waals surface area contributed by atoms with Crippen molar-refractivity contribution in [2.45, 2.75) is 25.5 Å². The van der Waals surface area contributed by atoms with Crippen LogP contribution in [0.25, 0.3) is 0 Å². The Labute approximate surface area is 93.5 Å². The van der Waals surface area contributed by atoms with Gasteiger partial charge in [0, 0.05) is 24.7 Å². The van der Waals surface area contributed by atoms with Crippen molar-refractivity contribution in [2.75, 3.05) is 13.1 Å². The van der Waals surface area contributed by atoms with Crippen LogP contribution in [0.15, 0.2) is 18.2 Å². The molecule has 0 aromatic heterocycles. The molecule has 1 heterocycles. The fourth-order valence-electron chi connectivity index (χ4n) is 2.21. The minimum absolute atomic E-state index is 0.0941. The third-order valence-corrected chi connectivity index (χ3v) is 3.16. The quantitative estimate of drug-likeness (QED) is 0.836. The molecule has 1 aliphatic heterocycles. The van der Waals surface area contributed by atoms with Gasteiger partial charge >= 0.3 is 0 Å². The van der Waals surface area contributed by atoms with Gasteiger partial charge in [-0.3, -0.25) is 4.90 Å². The van der Waals surface area contributed by atoms with E-state index in [1.54, 1.807) is 6.92 Å². The average Bonchev–Trinajstić information content (AvgIpc) is 2.64. The van der Waals surface area contributed by atoms with Gasteiger partial charge in [0.2, 0.25) is 0 Å². The molecule has 1 fully saturated rings. The molecule has 0 amide bonds. The lowest BCUT2D eigenvalue weighted by Crippen LogP contribution is -2.27. The number of aliphatic hydroxyl groups is 1. The van der Waals surface area contributed by atoms with Gasteiger partial charge in [0.1, 0.15) is 11.6 Å². The molecule has 1 aliphatic rings. The Bertz CT molecular complexity index is 363. The zero-order valence-electron chi connectivity index (χ0n) is 9.16. The first-order valence-corrected chi connectivity index (χ1v) is 5.45. The van der Waals surface area contributed by atoms with Gasteiger partial charge in [-0.05, 0) is 25.5 Å². The largest absolute Gasteiger partial charge is 0.392 e. The van der Waals surface area contributed by atoms with Crippen LogP contribution in [0.4, 0.5) is 8.78 Å². The summed E-state index contributed by atoms with van der Waals surface area (Å²) in [7, 11) is 0. The van der Waals surface area contributed by atoms with Crippen molar-refractivity contribution in [2.24, 2.45) is 0 Å². The van der Waals surface area contributed by atoms with E-state index in [-0.39, 0.29) is 17.7 Å². The van der Waals surface area contributed by atoms with Crippen molar-refractivity contribution < 1.29 is 13.9 Å². The topological polar surface area (TPSA) is 23.5 Å². The summed E-state index contributed by atoms with van der Waals surface area (Å²) in [6, 6.07) is 3.56. The highest BCUT2D eigenvalue weighted by Gasteiger charge is 2.28. The Hall–Kier alpha value is -1.00. The van der Waals surface area contributed by atoms with Gasteiger partial charge < -0.3 is 5.11 Å². The number of β-amino-alcohol motifs (C(OH)–C–C–N with tert-alkyl or cyclic N) is 1. The van der Waals surface area contributed by atoms with Gasteiger partial charge in [-0.25, -0.2) is 8.78 Å². The van der Waals surface area contributed by atoms with Crippen LogP contribution in [-0.2, 0) is 0 Å². The molecule has 1 saturated heterocycles. The van der Waals surface area contributed by atoms with Gasteiger partial charge in [0.15, 0.2) is 0 Å². The zero-order valence-corrected chi connectivity index (χ0v) is 9.16. The maximum atomic E-state index is 13.5. The fraction of sp³-hybridized carbons (Fsp3) is 0.500. The van der Waals surface area contributed by atoms with Crippen molar-refractivity contribution >= 4 is 0 Å². The number of hydrogen-bond donors (Lipinski definition) is 1. The molecule has 1 aromatic carbocycles. The summed E-state index contributed by atoms with van der Waals surface area (Å²) in [5, 5.41) is 9.40. The van der Waals surface area contributed by atoms with Gasteiger partial charge in [0.25, 0.3) is 0 Å². The summed E-state index contributed by atoms with van der Waals surface area (Å²) in [6.07, 6.45) is 0.290. The van der Waals surface area contributed by atoms with Crippen LogP contribution >= 0.6 is 0 Å². The first-order chi connectivity index (χ1) is 7.59. The molecule has 2 rings (SSSR count). The lowest BCUT2D eigenvalue weighted by Gasteiger charge is -2.24. The van der Waals surface area contributed by atoms with Gasteiger partial charge in [-0.2, -0.15) is 0 Å². The number of rotatable bonds is 2. The first-order valence-electron chi connectivity index (χ1n) is 5.45. The van der Waals surface area contributed by atoms with Gasteiger partial charge in [-0.1, -0.05) is 6.07 Å². The fourth-order valence-corrected chi connectivity index (χ4v) is 2.21. The summed E-state index contributed by atoms with van der Waals surface area (Å²) in [5.74, 6) is -1.04. The molecule has 0 bridgehead atoms. The number of likely N-dealkylation sites (tertiary alicyclic amines) is 1. The van der Waals surface area contributed by atoms with E-state index in [0.717, 1.165) is 0 Å². The molecule has 16 heavy (non-hydrogen) atoms. The molecule has 0 aliphatic carbocycles. The first kappa shape index (κ1) is 11.5. The molecule has 1 N–H and O–H groups in total. The Balaban J connectivity index is 2.23. The SMILES string of the molecule is C[C@@H](c1c(F)cccc1F)N1CC[C@H](O)C1. The van der Waals surface area contributed by atoms with Crippen LogP contribution in [-0.4, -0.2) is 29.2 Å². The predicted molar refractivity (Wildman–Crippen MR) is 57.0 cm³/mol. The standard InChI is InChI=1S/C12H15F2NO/c1-8(15-6-5-9(16)7-15)12-10(13)3-2-4-11(12)14/h2-4,8-9,16H,5-7H2,1H3/t8-,9-/m0/s1. The van der Waals surface area contributed by atoms with E-state index < -0.39 is 11.6 Å². The smallest absolute Gasteiger partial charge is 0.130 e. The second-order valence-corrected chi connectivity index (χ2v) is 4.25. The molecule has 2 nitrogen and oxygen atoms in total. The van der Waals surface area contributed by atoms with Crippen molar-refractivity contribution in [3.05, 3.63) is 35.4 Å². The molecular weight excluding hydrogens is 212 g/mol. The second kappa shape index (κ2) is 4.47. The van der Waals surface area contributed by atoms with Crippen molar-refractivity contribution in [3.63, 3.8) is 0 Å². The predicted octanol–water partition coefficient (Wildman–Crippen LogP) is 2.09. The Morgan fingerprint density at radius 2 is 2.00 bits per heavy atom. The van der Waals surface area contributed by atoms with Crippen LogP contribution in [0.5, 0.6) is 0 Å². The molecular formula is C12H15F2NO. The minimum Gasteiger partial charge on any atom is -0.392 e. The summed E-state index contributed by atoms with van der Waals surface area (Å²) in [4.78, 5) is 1.90. The summed E-state index contributed by atoms with van der Waals surface area (Å²) >= 11 is 0. The number of halogens is 2. The minimum atomic E-state index is -0.520. The highest BCUT2D eigenvalue weighted by Crippen LogP contribution is 2.28. The Morgan fingerprint density at radius 3 is 2.50 bits per heavy atom. The van der Waals surface area contributed by atoms with Crippen LogP contribution in [0.3, 0.4) is 0 Å². The van der Waals surface area contributed by atoms with Crippen LogP contribution < -0.4 is 0 Å². The van der Waals surface area contributed by atoms with Crippen molar-refractivity contribution in [3.8, 4) is 0 Å². The third kappa shape index (κ3) is 2.08. The van der Waals surface area contributed by atoms with E-state index in [1.165, 1.54) is 18.2 Å². The normalized spacial score (nSPS) is 23.6. The number of hydrogen-bond acceptors (Lipinski definition) is 2. The van der Waals surface area contributed by atoms with Gasteiger partial charge in [-0.15, -0.1) is 0 Å². The van der Waals surface area contributed by atoms with E-state index in [2.05, 4.69) is 0 Å². The Kier molecular flexibility index (Phi) is 3.21. The van der Waals surface area contributed by atoms with Gasteiger partial charge in [0.05, 0.1) is 6.10 Å². The van der Waals surface area contributed by atoms with Crippen LogP contribution in [0, 0.1) is 11.6 Å². The van der Waals surface area contributed by atoms with Crippen LogP contribution in [0.2, 0.25) is 0 Å². The molecule has 0 unspecified atom stereocenters. The molecule has 88 valence electrons. The molecule has 2 atom stereocenters. The number of benzene rings is 1. The van der Waals surface area contributed by atoms with Crippen molar-refractivity contribution in [1.82, 2.24) is 4.90 Å². The second-order valence-electron chi connectivity index (χ2n) is 4.25. The summed E-state index contributed by atoms with van der Waals surface area (Å²) < 4.78 is 27.0. The molecule has 4 heteroatoms. The zero-order chi connectivity index (χ0) is 11.7. The maximum Gasteiger partial charge on any atom is 0.130 e. The van der Waals surface area contributed by atoms with E-state index in [0.29, 0.717) is 19.5 Å². The summed E-state index contributed by atoms with van der Waals surface area (Å²) in [5.41, 5.74) is 0.0941. The van der Waals surface area contributed by atoms with E-state index in [4.69, 9.17) is 0 Å². The van der Waals surface area contributed by atoms with Crippen molar-refractivity contribution in [1.29, 1.82) is 0 Å². The lowest BCUT2D eigenvalue weighted by atomic mass is 10.1. The number of nitrogens with zero attached hydrogens (tertiary/aromatic N) is 1. The van der Waals surface area contributed by atoms with E-state index >= 15 is 0 Å². The molecule has 0 radical (unpaired) electrons. The molecule has 1 aromatic rings. The van der Waals surface area contributed by atoms with E-state index in [1.807, 2.05) is 4.90 Å². The highest BCUT2D eigenvalue weighted by molar-refractivity contribution is 5.23.